The Bertz CT molecular complexity index is 716. The molecule has 0 aromatic carbocycles. The van der Waals surface area contributed by atoms with E-state index in [-0.39, 0.29) is 25.8 Å². The van der Waals surface area contributed by atoms with Gasteiger partial charge in [0.15, 0.2) is 0 Å². The molecule has 0 N–H and O–H groups in total. The third-order valence-corrected chi connectivity index (χ3v) is 9.37. The van der Waals surface area contributed by atoms with E-state index in [2.05, 4.69) is 13.8 Å². The molecule has 2 unspecified atom stereocenters. The Morgan fingerprint density at radius 1 is 0.587 bits per heavy atom. The van der Waals surface area contributed by atoms with Crippen LogP contribution in [0.3, 0.4) is 0 Å². The molecular formula is C37H76NO7P. The van der Waals surface area contributed by atoms with Crippen molar-refractivity contribution in [3.05, 3.63) is 0 Å². The van der Waals surface area contributed by atoms with Gasteiger partial charge in [-0.3, -0.25) is 9.36 Å². The smallest absolute Gasteiger partial charge is 0.306 e. The van der Waals surface area contributed by atoms with Crippen molar-refractivity contribution in [2.24, 2.45) is 0 Å². The molecule has 0 rings (SSSR count). The van der Waals surface area contributed by atoms with Crippen LogP contribution in [0.15, 0.2) is 0 Å². The predicted molar refractivity (Wildman–Crippen MR) is 190 cm³/mol. The maximum atomic E-state index is 12.6. The summed E-state index contributed by atoms with van der Waals surface area (Å²) in [5.74, 6) is -0.332. The molecule has 46 heavy (non-hydrogen) atoms. The van der Waals surface area contributed by atoms with E-state index in [1.54, 1.807) is 0 Å². The van der Waals surface area contributed by atoms with Gasteiger partial charge in [-0.05, 0) is 12.8 Å². The molecule has 2 atom stereocenters. The minimum Gasteiger partial charge on any atom is -0.756 e. The summed E-state index contributed by atoms with van der Waals surface area (Å²) in [6.45, 7) is 5.43. The number of hydrogen-bond acceptors (Lipinski definition) is 7. The number of ether oxygens (including phenoxy) is 2. The lowest BCUT2D eigenvalue weighted by Crippen LogP contribution is -2.37. The first-order valence-corrected chi connectivity index (χ1v) is 20.7. The SMILES string of the molecule is CCCCCCCCCCCCCCOCC(COP(=O)([O-])OCC[N+](C)(C)C)OC(=O)CCCCCCCCCCCCCC. The lowest BCUT2D eigenvalue weighted by Gasteiger charge is -2.28. The zero-order valence-electron chi connectivity index (χ0n) is 31.0. The van der Waals surface area contributed by atoms with Crippen molar-refractivity contribution in [1.82, 2.24) is 0 Å². The van der Waals surface area contributed by atoms with Gasteiger partial charge in [-0.25, -0.2) is 0 Å². The highest BCUT2D eigenvalue weighted by molar-refractivity contribution is 7.45. The summed E-state index contributed by atoms with van der Waals surface area (Å²) in [7, 11) is 1.37. The summed E-state index contributed by atoms with van der Waals surface area (Å²) in [6, 6.07) is 0. The van der Waals surface area contributed by atoms with Crippen LogP contribution in [0.25, 0.3) is 0 Å². The maximum Gasteiger partial charge on any atom is 0.306 e. The highest BCUT2D eigenvalue weighted by atomic mass is 31.2. The van der Waals surface area contributed by atoms with Gasteiger partial charge >= 0.3 is 5.97 Å². The minimum absolute atomic E-state index is 0.0309. The van der Waals surface area contributed by atoms with Gasteiger partial charge in [-0.15, -0.1) is 0 Å². The van der Waals surface area contributed by atoms with E-state index in [1.165, 1.54) is 122 Å². The second kappa shape index (κ2) is 31.7. The molecule has 0 aliphatic carbocycles. The molecule has 0 saturated carbocycles. The number of hydrogen-bond donors (Lipinski definition) is 0. The van der Waals surface area contributed by atoms with Gasteiger partial charge in [0, 0.05) is 13.0 Å². The number of unbranched alkanes of at least 4 members (excludes halogenated alkanes) is 22. The molecule has 0 fully saturated rings. The molecule has 0 heterocycles. The second-order valence-electron chi connectivity index (χ2n) is 14.3. The van der Waals surface area contributed by atoms with Gasteiger partial charge in [-0.1, -0.05) is 155 Å². The van der Waals surface area contributed by atoms with Crippen molar-refractivity contribution < 1.29 is 37.3 Å². The highest BCUT2D eigenvalue weighted by Crippen LogP contribution is 2.38. The summed E-state index contributed by atoms with van der Waals surface area (Å²) in [6.07, 6.45) is 29.5. The van der Waals surface area contributed by atoms with Crippen molar-refractivity contribution in [1.29, 1.82) is 0 Å². The first-order chi connectivity index (χ1) is 22.1. The Hall–Kier alpha value is -0.500. The van der Waals surface area contributed by atoms with Gasteiger partial charge in [-0.2, -0.15) is 0 Å². The van der Waals surface area contributed by atoms with Crippen LogP contribution in [-0.2, 0) is 27.9 Å². The van der Waals surface area contributed by atoms with Gasteiger partial charge in [0.1, 0.15) is 19.3 Å². The summed E-state index contributed by atoms with van der Waals surface area (Å²) in [5.41, 5.74) is 0. The molecular weight excluding hydrogens is 601 g/mol. The zero-order chi connectivity index (χ0) is 34.2. The number of nitrogens with zero attached hydrogens (tertiary/aromatic N) is 1. The molecule has 0 radical (unpaired) electrons. The van der Waals surface area contributed by atoms with Gasteiger partial charge in [0.05, 0.1) is 34.4 Å². The van der Waals surface area contributed by atoms with E-state index in [4.69, 9.17) is 18.5 Å². The molecule has 276 valence electrons. The average molecular weight is 678 g/mol. The summed E-state index contributed by atoms with van der Waals surface area (Å²) in [5, 5.41) is 0. The fourth-order valence-electron chi connectivity index (χ4n) is 5.37. The normalized spacial score (nSPS) is 14.0. The number of phosphoric ester groups is 1. The molecule has 9 heteroatoms. The van der Waals surface area contributed by atoms with E-state index in [9.17, 15) is 14.3 Å². The van der Waals surface area contributed by atoms with Crippen LogP contribution in [0, 0.1) is 0 Å². The quantitative estimate of drug-likeness (QED) is 0.0282. The summed E-state index contributed by atoms with van der Waals surface area (Å²) in [4.78, 5) is 24.9. The third kappa shape index (κ3) is 34.8. The number of esters is 1. The van der Waals surface area contributed by atoms with E-state index < -0.39 is 13.9 Å². The molecule has 0 saturated heterocycles. The van der Waals surface area contributed by atoms with Crippen molar-refractivity contribution in [2.45, 2.75) is 180 Å². The van der Waals surface area contributed by atoms with Crippen LogP contribution in [0.5, 0.6) is 0 Å². The Morgan fingerprint density at radius 3 is 1.43 bits per heavy atom. The summed E-state index contributed by atoms with van der Waals surface area (Å²) >= 11 is 0. The van der Waals surface area contributed by atoms with Crippen molar-refractivity contribution in [3.63, 3.8) is 0 Å². The monoisotopic (exact) mass is 678 g/mol. The Morgan fingerprint density at radius 2 is 1.00 bits per heavy atom. The molecule has 0 aromatic rings. The van der Waals surface area contributed by atoms with Crippen LogP contribution >= 0.6 is 7.82 Å². The fraction of sp³-hybridized carbons (Fsp3) is 0.973. The Kier molecular flexibility index (Phi) is 31.4. The largest absolute Gasteiger partial charge is 0.756 e. The lowest BCUT2D eigenvalue weighted by molar-refractivity contribution is -0.870. The molecule has 0 bridgehead atoms. The topological polar surface area (TPSA) is 94.1 Å². The van der Waals surface area contributed by atoms with Crippen molar-refractivity contribution >= 4 is 13.8 Å². The molecule has 0 aliphatic rings. The van der Waals surface area contributed by atoms with Crippen LogP contribution in [0.1, 0.15) is 174 Å². The van der Waals surface area contributed by atoms with E-state index >= 15 is 0 Å². The van der Waals surface area contributed by atoms with Crippen LogP contribution in [0.2, 0.25) is 0 Å². The number of rotatable bonds is 36. The minimum atomic E-state index is -4.51. The molecule has 0 aromatic heterocycles. The van der Waals surface area contributed by atoms with Crippen LogP contribution in [-0.4, -0.2) is 70.7 Å². The highest BCUT2D eigenvalue weighted by Gasteiger charge is 2.20. The standard InChI is InChI=1S/C37H76NO7P/c1-6-8-10-12-14-16-18-20-22-24-26-28-30-37(39)45-36(35-44-46(40,41)43-33-31-38(3,4)5)34-42-32-29-27-25-23-21-19-17-15-13-11-9-7-2/h36H,6-35H2,1-5H3. The number of phosphoric acid groups is 1. The van der Waals surface area contributed by atoms with Gasteiger partial charge in [0.25, 0.3) is 7.82 Å². The summed E-state index contributed by atoms with van der Waals surface area (Å²) < 4.78 is 34.4. The van der Waals surface area contributed by atoms with Crippen LogP contribution in [0.4, 0.5) is 0 Å². The molecule has 8 nitrogen and oxygen atoms in total. The fourth-order valence-corrected chi connectivity index (χ4v) is 6.10. The van der Waals surface area contributed by atoms with E-state index in [1.807, 2.05) is 21.1 Å². The Labute approximate surface area is 285 Å². The van der Waals surface area contributed by atoms with Gasteiger partial charge < -0.3 is 27.9 Å². The zero-order valence-corrected chi connectivity index (χ0v) is 31.9. The van der Waals surface area contributed by atoms with Crippen LogP contribution < -0.4 is 4.89 Å². The molecule has 0 amide bonds. The predicted octanol–water partition coefficient (Wildman–Crippen LogP) is 9.91. The Balaban J connectivity index is 4.27. The maximum absolute atomic E-state index is 12.6. The third-order valence-electron chi connectivity index (χ3n) is 8.41. The van der Waals surface area contributed by atoms with E-state index in [0.29, 0.717) is 24.1 Å². The van der Waals surface area contributed by atoms with Crippen molar-refractivity contribution in [3.8, 4) is 0 Å². The molecule has 0 spiro atoms. The lowest BCUT2D eigenvalue weighted by atomic mass is 10.0. The first-order valence-electron chi connectivity index (χ1n) is 19.3. The first kappa shape index (κ1) is 45.5. The number of likely N-dealkylation sites (N-methyl/N-ethyl adjacent to an activating group) is 1. The number of carbonyl (C=O) groups is 1. The second-order valence-corrected chi connectivity index (χ2v) is 15.7. The molecule has 0 aliphatic heterocycles. The van der Waals surface area contributed by atoms with Crippen molar-refractivity contribution in [2.75, 3.05) is 54.1 Å². The van der Waals surface area contributed by atoms with E-state index in [0.717, 1.165) is 32.1 Å². The van der Waals surface area contributed by atoms with Gasteiger partial charge in [0.2, 0.25) is 0 Å². The average Bonchev–Trinajstić information content (AvgIpc) is 2.99. The number of quaternary nitrogens is 1. The number of carbonyl (C=O) groups excluding carboxylic acids is 1.